The molecule has 1 unspecified atom stereocenters. The Kier molecular flexibility index (Phi) is 6.02. The predicted molar refractivity (Wildman–Crippen MR) is 82.4 cm³/mol. The summed E-state index contributed by atoms with van der Waals surface area (Å²) >= 11 is 3.64. The van der Waals surface area contributed by atoms with Crippen LogP contribution < -0.4 is 5.73 Å². The second-order valence-corrected chi connectivity index (χ2v) is 6.56. The van der Waals surface area contributed by atoms with Gasteiger partial charge in [0.2, 0.25) is 0 Å². The SMILES string of the molecule is CCc1nn(CC)c(CC(N)COC(C)(C)C)c1Br. The number of aromatic nitrogens is 2. The standard InChI is InChI=1S/C14H26BrN3O/c1-6-11-13(15)12(18(7-2)17-11)8-10(16)9-19-14(3,4)5/h10H,6-9,16H2,1-5H3. The zero-order valence-corrected chi connectivity index (χ0v) is 14.2. The molecule has 5 heteroatoms. The summed E-state index contributed by atoms with van der Waals surface area (Å²) in [5, 5.41) is 4.58. The molecule has 0 aliphatic carbocycles. The summed E-state index contributed by atoms with van der Waals surface area (Å²) in [6.45, 7) is 11.8. The maximum absolute atomic E-state index is 6.17. The average molecular weight is 332 g/mol. The molecular weight excluding hydrogens is 306 g/mol. The third-order valence-electron chi connectivity index (χ3n) is 2.88. The molecule has 1 rings (SSSR count). The summed E-state index contributed by atoms with van der Waals surface area (Å²) < 4.78 is 8.87. The Morgan fingerprint density at radius 2 is 2.00 bits per heavy atom. The van der Waals surface area contributed by atoms with Crippen LogP contribution in [-0.2, 0) is 24.1 Å². The first kappa shape index (κ1) is 16.7. The highest BCUT2D eigenvalue weighted by Crippen LogP contribution is 2.23. The van der Waals surface area contributed by atoms with E-state index in [9.17, 15) is 0 Å². The molecule has 19 heavy (non-hydrogen) atoms. The van der Waals surface area contributed by atoms with Crippen LogP contribution >= 0.6 is 15.9 Å². The molecule has 0 spiro atoms. The van der Waals surface area contributed by atoms with Crippen molar-refractivity contribution < 1.29 is 4.74 Å². The first-order valence-electron chi connectivity index (χ1n) is 6.92. The van der Waals surface area contributed by atoms with E-state index in [0.29, 0.717) is 6.61 Å². The average Bonchev–Trinajstić information content (AvgIpc) is 2.63. The molecule has 0 fully saturated rings. The number of halogens is 1. The molecule has 4 nitrogen and oxygen atoms in total. The summed E-state index contributed by atoms with van der Waals surface area (Å²) in [5.74, 6) is 0. The highest BCUT2D eigenvalue weighted by Gasteiger charge is 2.18. The molecule has 0 aliphatic rings. The van der Waals surface area contributed by atoms with Crippen LogP contribution in [0.15, 0.2) is 4.47 Å². The Bertz CT molecular complexity index is 410. The van der Waals surface area contributed by atoms with E-state index in [4.69, 9.17) is 10.5 Å². The Hall–Kier alpha value is -0.390. The normalized spacial score (nSPS) is 13.8. The Labute approximate surface area is 124 Å². The van der Waals surface area contributed by atoms with Gasteiger partial charge in [-0.15, -0.1) is 0 Å². The highest BCUT2D eigenvalue weighted by molar-refractivity contribution is 9.10. The molecule has 110 valence electrons. The van der Waals surface area contributed by atoms with Gasteiger partial charge in [0.15, 0.2) is 0 Å². The van der Waals surface area contributed by atoms with Gasteiger partial charge in [-0.25, -0.2) is 0 Å². The molecular formula is C14H26BrN3O. The molecule has 0 radical (unpaired) electrons. The van der Waals surface area contributed by atoms with Gasteiger partial charge in [-0.3, -0.25) is 4.68 Å². The maximum Gasteiger partial charge on any atom is 0.0766 e. The second-order valence-electron chi connectivity index (χ2n) is 5.76. The second kappa shape index (κ2) is 6.86. The van der Waals surface area contributed by atoms with Crippen molar-refractivity contribution in [3.8, 4) is 0 Å². The van der Waals surface area contributed by atoms with Gasteiger partial charge in [-0.2, -0.15) is 5.10 Å². The fourth-order valence-corrected chi connectivity index (χ4v) is 2.60. The first-order valence-corrected chi connectivity index (χ1v) is 7.71. The topological polar surface area (TPSA) is 53.1 Å². The van der Waals surface area contributed by atoms with Gasteiger partial charge < -0.3 is 10.5 Å². The van der Waals surface area contributed by atoms with Crippen molar-refractivity contribution in [1.82, 2.24) is 9.78 Å². The number of nitrogens with two attached hydrogens (primary N) is 1. The van der Waals surface area contributed by atoms with E-state index in [1.807, 2.05) is 25.5 Å². The van der Waals surface area contributed by atoms with Crippen LogP contribution in [0.3, 0.4) is 0 Å². The molecule has 1 heterocycles. The molecule has 0 aromatic carbocycles. The molecule has 1 aromatic heterocycles. The highest BCUT2D eigenvalue weighted by atomic mass is 79.9. The minimum Gasteiger partial charge on any atom is -0.374 e. The van der Waals surface area contributed by atoms with Gasteiger partial charge in [-0.1, -0.05) is 6.92 Å². The molecule has 0 bridgehead atoms. The smallest absolute Gasteiger partial charge is 0.0766 e. The first-order chi connectivity index (χ1) is 8.78. The molecule has 0 aliphatic heterocycles. The number of hydrogen-bond donors (Lipinski definition) is 1. The van der Waals surface area contributed by atoms with E-state index >= 15 is 0 Å². The molecule has 0 saturated carbocycles. The maximum atomic E-state index is 6.17. The largest absolute Gasteiger partial charge is 0.374 e. The molecule has 0 amide bonds. The predicted octanol–water partition coefficient (Wildman–Crippen LogP) is 2.91. The lowest BCUT2D eigenvalue weighted by Gasteiger charge is -2.22. The number of ether oxygens (including phenoxy) is 1. The summed E-state index contributed by atoms with van der Waals surface area (Å²) in [5.41, 5.74) is 8.29. The van der Waals surface area contributed by atoms with E-state index in [0.717, 1.165) is 29.6 Å². The number of rotatable bonds is 6. The van der Waals surface area contributed by atoms with E-state index in [2.05, 4.69) is 34.9 Å². The minimum absolute atomic E-state index is 0.0118. The molecule has 2 N–H and O–H groups in total. The van der Waals surface area contributed by atoms with Crippen LogP contribution in [-0.4, -0.2) is 28.0 Å². The number of aryl methyl sites for hydroxylation is 2. The van der Waals surface area contributed by atoms with Gasteiger partial charge in [0, 0.05) is 19.0 Å². The fourth-order valence-electron chi connectivity index (χ4n) is 1.88. The van der Waals surface area contributed by atoms with Crippen LogP contribution in [0.5, 0.6) is 0 Å². The van der Waals surface area contributed by atoms with Crippen molar-refractivity contribution in [2.75, 3.05) is 6.61 Å². The van der Waals surface area contributed by atoms with Crippen molar-refractivity contribution in [3.05, 3.63) is 15.9 Å². The zero-order valence-electron chi connectivity index (χ0n) is 12.7. The zero-order chi connectivity index (χ0) is 14.6. The van der Waals surface area contributed by atoms with Gasteiger partial charge in [0.25, 0.3) is 0 Å². The Balaban J connectivity index is 2.73. The number of hydrogen-bond acceptors (Lipinski definition) is 3. The third kappa shape index (κ3) is 4.89. The van der Waals surface area contributed by atoms with Gasteiger partial charge >= 0.3 is 0 Å². The van der Waals surface area contributed by atoms with E-state index in [1.165, 1.54) is 5.69 Å². The van der Waals surface area contributed by atoms with Crippen molar-refractivity contribution in [2.45, 2.75) is 65.6 Å². The van der Waals surface area contributed by atoms with Crippen LogP contribution in [0.2, 0.25) is 0 Å². The van der Waals surface area contributed by atoms with E-state index < -0.39 is 0 Å². The van der Waals surface area contributed by atoms with Crippen LogP contribution in [0, 0.1) is 0 Å². The van der Waals surface area contributed by atoms with Gasteiger partial charge in [0.1, 0.15) is 0 Å². The Morgan fingerprint density at radius 1 is 1.37 bits per heavy atom. The van der Waals surface area contributed by atoms with E-state index in [-0.39, 0.29) is 11.6 Å². The third-order valence-corrected chi connectivity index (χ3v) is 3.80. The Morgan fingerprint density at radius 3 is 2.47 bits per heavy atom. The molecule has 1 atom stereocenters. The van der Waals surface area contributed by atoms with Gasteiger partial charge in [-0.05, 0) is 50.0 Å². The lowest BCUT2D eigenvalue weighted by atomic mass is 10.1. The van der Waals surface area contributed by atoms with Crippen molar-refractivity contribution in [1.29, 1.82) is 0 Å². The quantitative estimate of drug-likeness (QED) is 0.871. The minimum atomic E-state index is -0.144. The van der Waals surface area contributed by atoms with Crippen LogP contribution in [0.1, 0.15) is 46.0 Å². The van der Waals surface area contributed by atoms with Crippen molar-refractivity contribution in [2.24, 2.45) is 5.73 Å². The monoisotopic (exact) mass is 331 g/mol. The lowest BCUT2D eigenvalue weighted by Crippen LogP contribution is -2.34. The van der Waals surface area contributed by atoms with Crippen LogP contribution in [0.4, 0.5) is 0 Å². The number of nitrogens with zero attached hydrogens (tertiary/aromatic N) is 2. The van der Waals surface area contributed by atoms with Crippen molar-refractivity contribution >= 4 is 15.9 Å². The summed E-state index contributed by atoms with van der Waals surface area (Å²) in [7, 11) is 0. The van der Waals surface area contributed by atoms with Crippen molar-refractivity contribution in [3.63, 3.8) is 0 Å². The molecule has 1 aromatic rings. The summed E-state index contributed by atoms with van der Waals surface area (Å²) in [6, 6.07) is -0.0118. The van der Waals surface area contributed by atoms with Crippen LogP contribution in [0.25, 0.3) is 0 Å². The summed E-state index contributed by atoms with van der Waals surface area (Å²) in [4.78, 5) is 0. The molecule has 0 saturated heterocycles. The van der Waals surface area contributed by atoms with E-state index in [1.54, 1.807) is 0 Å². The summed E-state index contributed by atoms with van der Waals surface area (Å²) in [6.07, 6.45) is 1.70. The lowest BCUT2D eigenvalue weighted by molar-refractivity contribution is -0.0100. The van der Waals surface area contributed by atoms with Gasteiger partial charge in [0.05, 0.1) is 28.1 Å². The fraction of sp³-hybridized carbons (Fsp3) is 0.786.